The maximum atomic E-state index is 9.12. The van der Waals surface area contributed by atoms with Gasteiger partial charge in [-0.05, 0) is 32.5 Å². The normalized spacial score (nSPS) is 16.3. The van der Waals surface area contributed by atoms with Gasteiger partial charge < -0.3 is 4.43 Å². The van der Waals surface area contributed by atoms with Gasteiger partial charge in [-0.3, -0.25) is 0 Å². The summed E-state index contributed by atoms with van der Waals surface area (Å²) >= 11 is 0. The highest BCUT2D eigenvalue weighted by Gasteiger charge is 2.33. The molecule has 0 radical (unpaired) electrons. The van der Waals surface area contributed by atoms with Crippen LogP contribution in [0.2, 0.25) is 19.6 Å². The fraction of sp³-hybridized carbons (Fsp3) is 0.900. The standard InChI is InChI=1S/C10H21NOSi/c1-6-8-10(7-2,9-11)12-13(3,4)5/h6-8H2,1-5H3. The molecule has 0 spiro atoms. The Morgan fingerprint density at radius 2 is 1.85 bits per heavy atom. The monoisotopic (exact) mass is 199 g/mol. The molecule has 3 heteroatoms. The minimum absolute atomic E-state index is 0.515. The second-order valence-corrected chi connectivity index (χ2v) is 8.85. The molecule has 0 amide bonds. The van der Waals surface area contributed by atoms with E-state index in [1.54, 1.807) is 0 Å². The molecule has 0 saturated carbocycles. The Hall–Kier alpha value is -0.333. The molecule has 0 aliphatic heterocycles. The number of nitriles is 1. The molecule has 0 aliphatic carbocycles. The second kappa shape index (κ2) is 4.78. The predicted molar refractivity (Wildman–Crippen MR) is 58.0 cm³/mol. The Morgan fingerprint density at radius 3 is 2.08 bits per heavy atom. The number of hydrogen-bond acceptors (Lipinski definition) is 2. The van der Waals surface area contributed by atoms with Crippen molar-refractivity contribution in [3.8, 4) is 6.07 Å². The van der Waals surface area contributed by atoms with Crippen LogP contribution in [-0.4, -0.2) is 13.9 Å². The molecule has 0 saturated heterocycles. The lowest BCUT2D eigenvalue weighted by Gasteiger charge is -2.32. The molecule has 76 valence electrons. The highest BCUT2D eigenvalue weighted by atomic mass is 28.4. The van der Waals surface area contributed by atoms with Gasteiger partial charge in [0.25, 0.3) is 0 Å². The van der Waals surface area contributed by atoms with Gasteiger partial charge in [0.2, 0.25) is 0 Å². The third-order valence-corrected chi connectivity index (χ3v) is 2.93. The Kier molecular flexibility index (Phi) is 4.66. The van der Waals surface area contributed by atoms with E-state index in [9.17, 15) is 0 Å². The summed E-state index contributed by atoms with van der Waals surface area (Å²) in [4.78, 5) is 0. The molecule has 0 aromatic heterocycles. The van der Waals surface area contributed by atoms with Crippen molar-refractivity contribution < 1.29 is 4.43 Å². The molecule has 0 heterocycles. The molecule has 0 rings (SSSR count). The third kappa shape index (κ3) is 4.44. The van der Waals surface area contributed by atoms with E-state index in [-0.39, 0.29) is 0 Å². The van der Waals surface area contributed by atoms with Crippen LogP contribution in [0.5, 0.6) is 0 Å². The largest absolute Gasteiger partial charge is 0.400 e. The number of nitrogens with zero attached hydrogens (tertiary/aromatic N) is 1. The molecule has 0 aromatic rings. The lowest BCUT2D eigenvalue weighted by atomic mass is 9.97. The van der Waals surface area contributed by atoms with Gasteiger partial charge in [0.05, 0.1) is 6.07 Å². The van der Waals surface area contributed by atoms with Gasteiger partial charge in [0, 0.05) is 0 Å². The van der Waals surface area contributed by atoms with E-state index in [0.717, 1.165) is 19.3 Å². The van der Waals surface area contributed by atoms with Crippen molar-refractivity contribution >= 4 is 8.32 Å². The summed E-state index contributed by atoms with van der Waals surface area (Å²) in [5, 5.41) is 9.12. The second-order valence-electron chi connectivity index (χ2n) is 4.42. The minimum Gasteiger partial charge on any atom is -0.400 e. The van der Waals surface area contributed by atoms with Crippen molar-refractivity contribution in [3.05, 3.63) is 0 Å². The SMILES string of the molecule is CCCC(C#N)(CC)O[Si](C)(C)C. The van der Waals surface area contributed by atoms with E-state index >= 15 is 0 Å². The number of rotatable bonds is 5. The topological polar surface area (TPSA) is 33.0 Å². The van der Waals surface area contributed by atoms with Crippen molar-refractivity contribution in [3.63, 3.8) is 0 Å². The maximum Gasteiger partial charge on any atom is 0.185 e. The summed E-state index contributed by atoms with van der Waals surface area (Å²) in [7, 11) is -1.59. The van der Waals surface area contributed by atoms with Crippen molar-refractivity contribution in [1.29, 1.82) is 5.26 Å². The lowest BCUT2D eigenvalue weighted by molar-refractivity contribution is 0.104. The maximum absolute atomic E-state index is 9.12. The van der Waals surface area contributed by atoms with Crippen LogP contribution in [0, 0.1) is 11.3 Å². The third-order valence-electron chi connectivity index (χ3n) is 1.93. The molecule has 0 fully saturated rings. The summed E-state index contributed by atoms with van der Waals surface area (Å²) in [6, 6.07) is 2.34. The van der Waals surface area contributed by atoms with E-state index in [0.29, 0.717) is 0 Å². The van der Waals surface area contributed by atoms with Crippen LogP contribution in [0.3, 0.4) is 0 Å². The van der Waals surface area contributed by atoms with Crippen LogP contribution in [0.1, 0.15) is 33.1 Å². The Bertz CT molecular complexity index is 192. The van der Waals surface area contributed by atoms with Crippen LogP contribution >= 0.6 is 0 Å². The predicted octanol–water partition coefficient (Wildman–Crippen LogP) is 3.31. The Balaban J connectivity index is 4.50. The zero-order valence-corrected chi connectivity index (χ0v) is 10.5. The average Bonchev–Trinajstić information content (AvgIpc) is 2.01. The molecule has 1 unspecified atom stereocenters. The van der Waals surface area contributed by atoms with Crippen LogP contribution in [0.25, 0.3) is 0 Å². The Labute approximate surface area is 83.0 Å². The molecule has 0 aliphatic rings. The van der Waals surface area contributed by atoms with Crippen molar-refractivity contribution in [1.82, 2.24) is 0 Å². The molecule has 13 heavy (non-hydrogen) atoms. The van der Waals surface area contributed by atoms with E-state index in [2.05, 4.69) is 32.6 Å². The van der Waals surface area contributed by atoms with Gasteiger partial charge in [0.15, 0.2) is 8.32 Å². The first-order valence-corrected chi connectivity index (χ1v) is 8.41. The lowest BCUT2D eigenvalue weighted by Crippen LogP contribution is -2.41. The van der Waals surface area contributed by atoms with Crippen molar-refractivity contribution in [2.75, 3.05) is 0 Å². The highest BCUT2D eigenvalue weighted by Crippen LogP contribution is 2.25. The quantitative estimate of drug-likeness (QED) is 0.636. The first-order valence-electron chi connectivity index (χ1n) is 5.00. The molecular formula is C10H21NOSi. The molecule has 2 nitrogen and oxygen atoms in total. The van der Waals surface area contributed by atoms with Gasteiger partial charge in [-0.2, -0.15) is 5.26 Å². The molecular weight excluding hydrogens is 178 g/mol. The molecule has 0 bridgehead atoms. The van der Waals surface area contributed by atoms with Gasteiger partial charge in [-0.1, -0.05) is 20.3 Å². The van der Waals surface area contributed by atoms with E-state index in [1.165, 1.54) is 0 Å². The van der Waals surface area contributed by atoms with Crippen LogP contribution in [0.4, 0.5) is 0 Å². The van der Waals surface area contributed by atoms with Crippen LogP contribution < -0.4 is 0 Å². The summed E-state index contributed by atoms with van der Waals surface area (Å²) in [6.07, 6.45) is 2.65. The van der Waals surface area contributed by atoms with Gasteiger partial charge >= 0.3 is 0 Å². The smallest absolute Gasteiger partial charge is 0.185 e. The first-order chi connectivity index (χ1) is 5.89. The molecule has 1 atom stereocenters. The fourth-order valence-electron chi connectivity index (χ4n) is 1.45. The van der Waals surface area contributed by atoms with Crippen LogP contribution in [-0.2, 0) is 4.43 Å². The molecule has 0 N–H and O–H groups in total. The minimum atomic E-state index is -1.59. The summed E-state index contributed by atoms with van der Waals surface area (Å²) < 4.78 is 5.94. The van der Waals surface area contributed by atoms with E-state index in [4.69, 9.17) is 9.69 Å². The first kappa shape index (κ1) is 12.7. The summed E-state index contributed by atoms with van der Waals surface area (Å²) in [5.74, 6) is 0. The van der Waals surface area contributed by atoms with Gasteiger partial charge in [-0.25, -0.2) is 0 Å². The fourth-order valence-corrected chi connectivity index (χ4v) is 2.91. The zero-order chi connectivity index (χ0) is 10.5. The van der Waals surface area contributed by atoms with Crippen LogP contribution in [0.15, 0.2) is 0 Å². The van der Waals surface area contributed by atoms with Gasteiger partial charge in [0.1, 0.15) is 5.60 Å². The van der Waals surface area contributed by atoms with Crippen molar-refractivity contribution in [2.45, 2.75) is 58.4 Å². The summed E-state index contributed by atoms with van der Waals surface area (Å²) in [6.45, 7) is 10.5. The van der Waals surface area contributed by atoms with Crippen molar-refractivity contribution in [2.24, 2.45) is 0 Å². The Morgan fingerprint density at radius 1 is 1.31 bits per heavy atom. The average molecular weight is 199 g/mol. The zero-order valence-electron chi connectivity index (χ0n) is 9.48. The highest BCUT2D eigenvalue weighted by molar-refractivity contribution is 6.69. The van der Waals surface area contributed by atoms with E-state index < -0.39 is 13.9 Å². The molecule has 0 aromatic carbocycles. The van der Waals surface area contributed by atoms with Gasteiger partial charge in [-0.15, -0.1) is 0 Å². The number of hydrogen-bond donors (Lipinski definition) is 0. The summed E-state index contributed by atoms with van der Waals surface area (Å²) in [5.41, 5.74) is -0.515. The van der Waals surface area contributed by atoms with E-state index in [1.807, 2.05) is 6.92 Å².